The maximum atomic E-state index is 12.4. The van der Waals surface area contributed by atoms with Gasteiger partial charge in [0.25, 0.3) is 0 Å². The fourth-order valence-corrected chi connectivity index (χ4v) is 4.12. The number of nitrogens with zero attached hydrogens (tertiary/aromatic N) is 3. The Hall–Kier alpha value is -1.95. The number of benzene rings is 1. The summed E-state index contributed by atoms with van der Waals surface area (Å²) < 4.78 is 0. The molecule has 1 atom stereocenters. The van der Waals surface area contributed by atoms with Crippen molar-refractivity contribution in [3.63, 3.8) is 0 Å². The Morgan fingerprint density at radius 3 is 2.63 bits per heavy atom. The van der Waals surface area contributed by atoms with Gasteiger partial charge in [-0.05, 0) is 57.8 Å². The molecule has 150 valence electrons. The summed E-state index contributed by atoms with van der Waals surface area (Å²) in [6.07, 6.45) is 6.20. The summed E-state index contributed by atoms with van der Waals surface area (Å²) in [5, 5.41) is 13.0. The van der Waals surface area contributed by atoms with E-state index in [1.165, 1.54) is 25.8 Å². The Balaban J connectivity index is 1.31. The Labute approximate surface area is 163 Å². The van der Waals surface area contributed by atoms with Crippen molar-refractivity contribution in [3.05, 3.63) is 24.3 Å². The Kier molecular flexibility index (Phi) is 7.21. The van der Waals surface area contributed by atoms with E-state index in [0.29, 0.717) is 24.9 Å². The van der Waals surface area contributed by atoms with Gasteiger partial charge in [-0.1, -0.05) is 18.6 Å². The molecule has 27 heavy (non-hydrogen) atoms. The number of aromatic hydroxyl groups is 1. The molecule has 2 heterocycles. The number of phenols is 1. The van der Waals surface area contributed by atoms with E-state index in [-0.39, 0.29) is 6.03 Å². The minimum atomic E-state index is 0.0401. The number of carbonyl (C=O) groups excluding carboxylic acids is 1. The lowest BCUT2D eigenvalue weighted by Crippen LogP contribution is -2.52. The highest BCUT2D eigenvalue weighted by atomic mass is 16.3. The van der Waals surface area contributed by atoms with E-state index < -0.39 is 0 Å². The summed E-state index contributed by atoms with van der Waals surface area (Å²) in [4.78, 5) is 19.0. The van der Waals surface area contributed by atoms with E-state index in [4.69, 9.17) is 0 Å². The van der Waals surface area contributed by atoms with Crippen LogP contribution in [-0.4, -0.2) is 72.8 Å². The third kappa shape index (κ3) is 5.51. The molecule has 2 aliphatic heterocycles. The predicted octanol–water partition coefficient (Wildman–Crippen LogP) is 2.88. The van der Waals surface area contributed by atoms with E-state index in [9.17, 15) is 9.90 Å². The van der Waals surface area contributed by atoms with E-state index in [2.05, 4.69) is 22.0 Å². The van der Waals surface area contributed by atoms with Gasteiger partial charge in [-0.15, -0.1) is 0 Å². The standard InChI is InChI=1S/C21H34N4O2/c1-18-8-4-6-12-23(18)13-7-5-11-22-21(27)25-16-14-24(15-17-25)19-9-2-3-10-20(19)26/h2-3,9-10,18,26H,4-8,11-17H2,1H3,(H,22,27). The van der Waals surface area contributed by atoms with Gasteiger partial charge in [0.1, 0.15) is 5.75 Å². The second-order valence-corrected chi connectivity index (χ2v) is 7.78. The summed E-state index contributed by atoms with van der Waals surface area (Å²) in [6.45, 7) is 8.33. The van der Waals surface area contributed by atoms with Crippen LogP contribution < -0.4 is 10.2 Å². The van der Waals surface area contributed by atoms with Gasteiger partial charge in [-0.25, -0.2) is 4.79 Å². The van der Waals surface area contributed by atoms with E-state index in [1.54, 1.807) is 6.07 Å². The molecule has 2 fully saturated rings. The Morgan fingerprint density at radius 2 is 1.89 bits per heavy atom. The molecule has 2 amide bonds. The number of carbonyl (C=O) groups is 1. The van der Waals surface area contributed by atoms with E-state index in [1.807, 2.05) is 23.1 Å². The summed E-state index contributed by atoms with van der Waals surface area (Å²) in [6, 6.07) is 8.15. The third-order valence-corrected chi connectivity index (χ3v) is 5.88. The normalized spacial score (nSPS) is 21.3. The van der Waals surface area contributed by atoms with Crippen LogP contribution in [0.1, 0.15) is 39.0 Å². The molecule has 2 aliphatic rings. The van der Waals surface area contributed by atoms with Gasteiger partial charge in [0, 0.05) is 38.8 Å². The minimum Gasteiger partial charge on any atom is -0.506 e. The van der Waals surface area contributed by atoms with Crippen molar-refractivity contribution in [1.82, 2.24) is 15.1 Å². The monoisotopic (exact) mass is 374 g/mol. The molecule has 0 aromatic heterocycles. The topological polar surface area (TPSA) is 59.1 Å². The van der Waals surface area contributed by atoms with Crippen LogP contribution >= 0.6 is 0 Å². The number of piperazine rings is 1. The summed E-state index contributed by atoms with van der Waals surface area (Å²) in [5.41, 5.74) is 0.851. The summed E-state index contributed by atoms with van der Waals surface area (Å²) in [5.74, 6) is 0.304. The molecule has 1 aromatic rings. The smallest absolute Gasteiger partial charge is 0.317 e. The van der Waals surface area contributed by atoms with Crippen LogP contribution in [0.5, 0.6) is 5.75 Å². The lowest BCUT2D eigenvalue weighted by molar-refractivity contribution is 0.157. The van der Waals surface area contributed by atoms with Crippen molar-refractivity contribution in [1.29, 1.82) is 0 Å². The molecule has 0 radical (unpaired) electrons. The third-order valence-electron chi connectivity index (χ3n) is 5.88. The molecular formula is C21H34N4O2. The van der Waals surface area contributed by atoms with E-state index >= 15 is 0 Å². The van der Waals surface area contributed by atoms with Crippen LogP contribution in [0.3, 0.4) is 0 Å². The molecule has 0 aliphatic carbocycles. The summed E-state index contributed by atoms with van der Waals surface area (Å²) >= 11 is 0. The van der Waals surface area contributed by atoms with Gasteiger partial charge in [0.2, 0.25) is 0 Å². The molecule has 3 rings (SSSR count). The van der Waals surface area contributed by atoms with Gasteiger partial charge in [-0.2, -0.15) is 0 Å². The zero-order valence-corrected chi connectivity index (χ0v) is 16.6. The van der Waals surface area contributed by atoms with Crippen molar-refractivity contribution in [2.24, 2.45) is 0 Å². The highest BCUT2D eigenvalue weighted by molar-refractivity contribution is 5.74. The van der Waals surface area contributed by atoms with Gasteiger partial charge in [0.15, 0.2) is 0 Å². The number of anilines is 1. The molecular weight excluding hydrogens is 340 g/mol. The fourth-order valence-electron chi connectivity index (χ4n) is 4.12. The van der Waals surface area contributed by atoms with Crippen molar-refractivity contribution in [3.8, 4) is 5.75 Å². The fraction of sp³-hybridized carbons (Fsp3) is 0.667. The lowest BCUT2D eigenvalue weighted by atomic mass is 10.0. The Bertz CT molecular complexity index is 602. The first-order valence-electron chi connectivity index (χ1n) is 10.4. The number of amides is 2. The second kappa shape index (κ2) is 9.83. The molecule has 2 N–H and O–H groups in total. The number of hydrogen-bond donors (Lipinski definition) is 2. The Morgan fingerprint density at radius 1 is 1.11 bits per heavy atom. The number of nitrogens with one attached hydrogen (secondary N) is 1. The molecule has 6 heteroatoms. The first kappa shape index (κ1) is 19.8. The number of phenolic OH excluding ortho intramolecular Hbond substituents is 1. The van der Waals surface area contributed by atoms with Gasteiger partial charge >= 0.3 is 6.03 Å². The molecule has 2 saturated heterocycles. The molecule has 6 nitrogen and oxygen atoms in total. The zero-order chi connectivity index (χ0) is 19.1. The number of hydrogen-bond acceptors (Lipinski definition) is 4. The average Bonchev–Trinajstić information content (AvgIpc) is 2.69. The predicted molar refractivity (Wildman–Crippen MR) is 109 cm³/mol. The number of piperidine rings is 1. The van der Waals surface area contributed by atoms with Crippen LogP contribution in [0.15, 0.2) is 24.3 Å². The zero-order valence-electron chi connectivity index (χ0n) is 16.6. The van der Waals surface area contributed by atoms with Crippen molar-refractivity contribution < 1.29 is 9.90 Å². The van der Waals surface area contributed by atoms with Crippen molar-refractivity contribution >= 4 is 11.7 Å². The number of rotatable bonds is 6. The number of unbranched alkanes of at least 4 members (excludes halogenated alkanes) is 1. The second-order valence-electron chi connectivity index (χ2n) is 7.78. The SMILES string of the molecule is CC1CCCCN1CCCCNC(=O)N1CCN(c2ccccc2O)CC1. The number of urea groups is 1. The van der Waals surface area contributed by atoms with Crippen LogP contribution in [0, 0.1) is 0 Å². The van der Waals surface area contributed by atoms with Gasteiger partial charge in [-0.3, -0.25) is 0 Å². The molecule has 0 saturated carbocycles. The maximum Gasteiger partial charge on any atom is 0.317 e. The summed E-state index contributed by atoms with van der Waals surface area (Å²) in [7, 11) is 0. The molecule has 0 spiro atoms. The van der Waals surface area contributed by atoms with Crippen LogP contribution in [0.25, 0.3) is 0 Å². The van der Waals surface area contributed by atoms with Gasteiger partial charge < -0.3 is 25.1 Å². The van der Waals surface area contributed by atoms with E-state index in [0.717, 1.165) is 44.7 Å². The largest absolute Gasteiger partial charge is 0.506 e. The van der Waals surface area contributed by atoms with Crippen LogP contribution in [0.2, 0.25) is 0 Å². The maximum absolute atomic E-state index is 12.4. The minimum absolute atomic E-state index is 0.0401. The first-order valence-corrected chi connectivity index (χ1v) is 10.4. The number of likely N-dealkylation sites (tertiary alicyclic amines) is 1. The molecule has 1 unspecified atom stereocenters. The van der Waals surface area contributed by atoms with Crippen LogP contribution in [0.4, 0.5) is 10.5 Å². The first-order chi connectivity index (χ1) is 13.1. The van der Waals surface area contributed by atoms with Crippen LogP contribution in [-0.2, 0) is 0 Å². The van der Waals surface area contributed by atoms with Crippen molar-refractivity contribution in [2.45, 2.75) is 45.1 Å². The highest BCUT2D eigenvalue weighted by Gasteiger charge is 2.22. The molecule has 1 aromatic carbocycles. The quantitative estimate of drug-likeness (QED) is 0.752. The number of para-hydroxylation sites is 2. The molecule has 0 bridgehead atoms. The lowest BCUT2D eigenvalue weighted by Gasteiger charge is -2.36. The highest BCUT2D eigenvalue weighted by Crippen LogP contribution is 2.27. The average molecular weight is 375 g/mol. The van der Waals surface area contributed by atoms with Gasteiger partial charge in [0.05, 0.1) is 5.69 Å². The van der Waals surface area contributed by atoms with Crippen molar-refractivity contribution in [2.75, 3.05) is 50.7 Å².